The van der Waals surface area contributed by atoms with Crippen LogP contribution in [0.1, 0.15) is 37.8 Å². The molecule has 0 saturated heterocycles. The van der Waals surface area contributed by atoms with E-state index >= 15 is 0 Å². The lowest BCUT2D eigenvalue weighted by Crippen LogP contribution is -2.20. The van der Waals surface area contributed by atoms with Crippen LogP contribution in [0.15, 0.2) is 48.5 Å². The number of benzene rings is 2. The first-order chi connectivity index (χ1) is 12.0. The van der Waals surface area contributed by atoms with Crippen molar-refractivity contribution in [1.29, 1.82) is 0 Å². The molecule has 2 aromatic carbocycles. The minimum absolute atomic E-state index is 0.196. The standard InChI is InChI=1S/C20H28NO3P/c1-5-23-25(22,24-6-2)21-15-17(4)18-11-13-20(14-12-18)19-9-7-16(3)8-10-19/h7-14,17H,5-6,15H2,1-4H3,(H,21,22). The van der Waals surface area contributed by atoms with Gasteiger partial charge < -0.3 is 0 Å². The molecule has 0 aliphatic rings. The van der Waals surface area contributed by atoms with Crippen LogP contribution in [0.2, 0.25) is 0 Å². The third-order valence-corrected chi connectivity index (χ3v) is 5.82. The zero-order chi connectivity index (χ0) is 18.3. The van der Waals surface area contributed by atoms with E-state index in [0.29, 0.717) is 19.8 Å². The first-order valence-corrected chi connectivity index (χ1v) is 10.3. The smallest absolute Gasteiger partial charge is 0.297 e. The lowest BCUT2D eigenvalue weighted by atomic mass is 9.97. The highest BCUT2D eigenvalue weighted by Gasteiger charge is 2.23. The van der Waals surface area contributed by atoms with Crippen LogP contribution in [-0.4, -0.2) is 19.8 Å². The molecule has 0 aromatic heterocycles. The van der Waals surface area contributed by atoms with Gasteiger partial charge in [-0.2, -0.15) is 0 Å². The Labute approximate surface area is 151 Å². The molecule has 0 aliphatic carbocycles. The van der Waals surface area contributed by atoms with Crippen molar-refractivity contribution in [1.82, 2.24) is 5.09 Å². The molecule has 0 heterocycles. The van der Waals surface area contributed by atoms with E-state index in [2.05, 4.69) is 67.5 Å². The van der Waals surface area contributed by atoms with Gasteiger partial charge in [-0.15, -0.1) is 0 Å². The summed E-state index contributed by atoms with van der Waals surface area (Å²) in [6.45, 7) is 9.02. The van der Waals surface area contributed by atoms with Crippen molar-refractivity contribution in [3.63, 3.8) is 0 Å². The molecule has 0 saturated carbocycles. The Morgan fingerprint density at radius 3 is 1.88 bits per heavy atom. The van der Waals surface area contributed by atoms with E-state index in [9.17, 15) is 4.57 Å². The van der Waals surface area contributed by atoms with Crippen molar-refractivity contribution < 1.29 is 13.6 Å². The lowest BCUT2D eigenvalue weighted by Gasteiger charge is -2.20. The van der Waals surface area contributed by atoms with E-state index in [1.54, 1.807) is 13.8 Å². The van der Waals surface area contributed by atoms with Crippen LogP contribution in [0.25, 0.3) is 11.1 Å². The lowest BCUT2D eigenvalue weighted by molar-refractivity contribution is 0.210. The third kappa shape index (κ3) is 5.79. The highest BCUT2D eigenvalue weighted by atomic mass is 31.2. The van der Waals surface area contributed by atoms with Crippen LogP contribution < -0.4 is 5.09 Å². The van der Waals surface area contributed by atoms with Gasteiger partial charge in [-0.25, -0.2) is 9.65 Å². The van der Waals surface area contributed by atoms with Gasteiger partial charge in [0.1, 0.15) is 0 Å². The van der Waals surface area contributed by atoms with Crippen LogP contribution in [-0.2, 0) is 13.6 Å². The second-order valence-electron chi connectivity index (χ2n) is 6.08. The molecule has 0 fully saturated rings. The van der Waals surface area contributed by atoms with Gasteiger partial charge in [0, 0.05) is 6.54 Å². The molecule has 4 nitrogen and oxygen atoms in total. The van der Waals surface area contributed by atoms with Crippen LogP contribution in [0.5, 0.6) is 0 Å². The van der Waals surface area contributed by atoms with Gasteiger partial charge in [0.25, 0.3) is 0 Å². The molecule has 5 heteroatoms. The first-order valence-electron chi connectivity index (χ1n) is 8.78. The normalized spacial score (nSPS) is 13.0. The summed E-state index contributed by atoms with van der Waals surface area (Å²) in [5, 5.41) is 2.96. The summed E-state index contributed by atoms with van der Waals surface area (Å²) in [6.07, 6.45) is 0. The van der Waals surface area contributed by atoms with Crippen molar-refractivity contribution in [2.24, 2.45) is 0 Å². The summed E-state index contributed by atoms with van der Waals surface area (Å²) < 4.78 is 23.0. The fraction of sp³-hybridized carbons (Fsp3) is 0.400. The molecule has 136 valence electrons. The number of rotatable bonds is 9. The fourth-order valence-electron chi connectivity index (χ4n) is 2.59. The molecule has 2 aromatic rings. The van der Waals surface area contributed by atoms with Gasteiger partial charge in [0.2, 0.25) is 0 Å². The Kier molecular flexibility index (Phi) is 7.39. The predicted octanol–water partition coefficient (Wildman–Crippen LogP) is 5.54. The zero-order valence-corrected chi connectivity index (χ0v) is 16.4. The quantitative estimate of drug-likeness (QED) is 0.596. The molecule has 1 N–H and O–H groups in total. The van der Waals surface area contributed by atoms with E-state index in [-0.39, 0.29) is 5.92 Å². The number of nitrogens with one attached hydrogen (secondary N) is 1. The van der Waals surface area contributed by atoms with Crippen LogP contribution in [0, 0.1) is 6.92 Å². The monoisotopic (exact) mass is 361 g/mol. The van der Waals surface area contributed by atoms with Crippen molar-refractivity contribution in [2.75, 3.05) is 19.8 Å². The van der Waals surface area contributed by atoms with Crippen molar-refractivity contribution in [3.05, 3.63) is 59.7 Å². The second kappa shape index (κ2) is 9.30. The van der Waals surface area contributed by atoms with Crippen LogP contribution in [0.4, 0.5) is 0 Å². The average Bonchev–Trinajstić information content (AvgIpc) is 2.61. The Balaban J connectivity index is 2.01. The highest BCUT2D eigenvalue weighted by molar-refractivity contribution is 7.51. The molecule has 2 rings (SSSR count). The molecular formula is C20H28NO3P. The van der Waals surface area contributed by atoms with Crippen molar-refractivity contribution in [3.8, 4) is 11.1 Å². The first kappa shape index (κ1) is 19.9. The maximum Gasteiger partial charge on any atom is 0.405 e. The van der Waals surface area contributed by atoms with Gasteiger partial charge in [-0.3, -0.25) is 9.05 Å². The molecular weight excluding hydrogens is 333 g/mol. The minimum atomic E-state index is -3.21. The number of hydrogen-bond donors (Lipinski definition) is 1. The Morgan fingerprint density at radius 1 is 0.920 bits per heavy atom. The predicted molar refractivity (Wildman–Crippen MR) is 104 cm³/mol. The van der Waals surface area contributed by atoms with E-state index < -0.39 is 7.75 Å². The molecule has 25 heavy (non-hydrogen) atoms. The minimum Gasteiger partial charge on any atom is -0.297 e. The Bertz CT molecular complexity index is 688. The van der Waals surface area contributed by atoms with Gasteiger partial charge in [0.15, 0.2) is 0 Å². The Morgan fingerprint density at radius 2 is 1.40 bits per heavy atom. The molecule has 1 unspecified atom stereocenters. The molecule has 1 atom stereocenters. The maximum atomic E-state index is 12.5. The molecule has 0 aliphatic heterocycles. The van der Waals surface area contributed by atoms with E-state index in [1.165, 1.54) is 22.3 Å². The van der Waals surface area contributed by atoms with Gasteiger partial charge in [-0.1, -0.05) is 61.0 Å². The number of aryl methyl sites for hydroxylation is 1. The summed E-state index contributed by atoms with van der Waals surface area (Å²) in [7, 11) is -3.21. The van der Waals surface area contributed by atoms with Crippen LogP contribution in [0.3, 0.4) is 0 Å². The number of hydrogen-bond acceptors (Lipinski definition) is 3. The largest absolute Gasteiger partial charge is 0.405 e. The molecule has 0 amide bonds. The molecule has 0 radical (unpaired) electrons. The summed E-state index contributed by atoms with van der Waals surface area (Å²) in [5.41, 5.74) is 4.84. The zero-order valence-electron chi connectivity index (χ0n) is 15.5. The maximum absolute atomic E-state index is 12.5. The van der Waals surface area contributed by atoms with E-state index in [1.807, 2.05) is 0 Å². The van der Waals surface area contributed by atoms with Gasteiger partial charge >= 0.3 is 7.75 Å². The average molecular weight is 361 g/mol. The highest BCUT2D eigenvalue weighted by Crippen LogP contribution is 2.43. The van der Waals surface area contributed by atoms with E-state index in [0.717, 1.165) is 0 Å². The molecule has 0 spiro atoms. The van der Waals surface area contributed by atoms with Crippen molar-refractivity contribution >= 4 is 7.75 Å². The van der Waals surface area contributed by atoms with E-state index in [4.69, 9.17) is 9.05 Å². The second-order valence-corrected chi connectivity index (χ2v) is 7.91. The van der Waals surface area contributed by atoms with Crippen LogP contribution >= 0.6 is 7.75 Å². The topological polar surface area (TPSA) is 47.6 Å². The van der Waals surface area contributed by atoms with Gasteiger partial charge in [-0.05, 0) is 43.4 Å². The summed E-state index contributed by atoms with van der Waals surface area (Å²) in [4.78, 5) is 0. The van der Waals surface area contributed by atoms with Gasteiger partial charge in [0.05, 0.1) is 13.2 Å². The van der Waals surface area contributed by atoms with Crippen molar-refractivity contribution in [2.45, 2.75) is 33.6 Å². The Hall–Kier alpha value is -1.45. The SMILES string of the molecule is CCOP(=O)(NCC(C)c1ccc(-c2ccc(C)cc2)cc1)OCC. The third-order valence-electron chi connectivity index (χ3n) is 4.05. The summed E-state index contributed by atoms with van der Waals surface area (Å²) >= 11 is 0. The summed E-state index contributed by atoms with van der Waals surface area (Å²) in [5.74, 6) is 0.196. The fourth-order valence-corrected chi connectivity index (χ4v) is 4.02. The summed E-state index contributed by atoms with van der Waals surface area (Å²) in [6, 6.07) is 17.0. The molecule has 0 bridgehead atoms.